The molecule has 1 aliphatic carbocycles. The number of piperidine rings is 2. The van der Waals surface area contributed by atoms with E-state index in [1.165, 1.54) is 77.3 Å². The van der Waals surface area contributed by atoms with E-state index in [1.54, 1.807) is 0 Å². The van der Waals surface area contributed by atoms with Gasteiger partial charge in [0, 0.05) is 38.8 Å². The van der Waals surface area contributed by atoms with Crippen LogP contribution in [0.3, 0.4) is 0 Å². The molecule has 0 amide bonds. The predicted octanol–water partition coefficient (Wildman–Crippen LogP) is 4.42. The van der Waals surface area contributed by atoms with Crippen molar-refractivity contribution >= 4 is 29.9 Å². The summed E-state index contributed by atoms with van der Waals surface area (Å²) in [6, 6.07) is 0. The van der Waals surface area contributed by atoms with Gasteiger partial charge in [0.05, 0.1) is 18.8 Å². The lowest BCUT2D eigenvalue weighted by atomic mass is 9.79. The van der Waals surface area contributed by atoms with Crippen LogP contribution in [0.1, 0.15) is 83.5 Å². The molecule has 32 heavy (non-hydrogen) atoms. The lowest BCUT2D eigenvalue weighted by Gasteiger charge is -2.49. The molecular weight excluding hydrogens is 515 g/mol. The highest BCUT2D eigenvalue weighted by Gasteiger charge is 2.38. The Morgan fingerprint density at radius 1 is 0.938 bits per heavy atom. The molecule has 4 fully saturated rings. The quantitative estimate of drug-likeness (QED) is 0.295. The molecule has 0 aromatic rings. The van der Waals surface area contributed by atoms with Crippen molar-refractivity contribution in [2.24, 2.45) is 4.99 Å². The van der Waals surface area contributed by atoms with E-state index in [9.17, 15) is 0 Å². The minimum absolute atomic E-state index is 0. The van der Waals surface area contributed by atoms with Gasteiger partial charge in [-0.3, -0.25) is 9.89 Å². The van der Waals surface area contributed by atoms with Crippen molar-refractivity contribution in [3.8, 4) is 0 Å². The number of nitrogens with zero attached hydrogens (tertiary/aromatic N) is 3. The Morgan fingerprint density at radius 3 is 2.31 bits per heavy atom. The Morgan fingerprint density at radius 2 is 1.66 bits per heavy atom. The lowest BCUT2D eigenvalue weighted by molar-refractivity contribution is -0.0721. The van der Waals surface area contributed by atoms with E-state index in [0.717, 1.165) is 58.1 Å². The second-order valence-electron chi connectivity index (χ2n) is 10.2. The van der Waals surface area contributed by atoms with Crippen LogP contribution in [0.5, 0.6) is 0 Å². The number of halogens is 1. The average molecular weight is 563 g/mol. The SMILES string of the molecule is CN=C(NCC1(N2CCCCC2)CCCCC1)N1CCC(OCC2CCCCO2)CC1.I. The van der Waals surface area contributed by atoms with Crippen LogP contribution in [-0.2, 0) is 9.47 Å². The van der Waals surface area contributed by atoms with Crippen LogP contribution in [0.2, 0.25) is 0 Å². The molecule has 3 saturated heterocycles. The maximum atomic E-state index is 6.22. The molecule has 4 aliphatic rings. The molecule has 1 saturated carbocycles. The maximum absolute atomic E-state index is 6.22. The topological polar surface area (TPSA) is 49.3 Å². The summed E-state index contributed by atoms with van der Waals surface area (Å²) in [4.78, 5) is 9.94. The molecule has 3 aliphatic heterocycles. The third-order valence-corrected chi connectivity index (χ3v) is 8.13. The molecule has 0 radical (unpaired) electrons. The van der Waals surface area contributed by atoms with Crippen LogP contribution >= 0.6 is 24.0 Å². The molecule has 0 spiro atoms. The molecule has 186 valence electrons. The van der Waals surface area contributed by atoms with Crippen molar-refractivity contribution in [1.29, 1.82) is 0 Å². The molecule has 0 bridgehead atoms. The van der Waals surface area contributed by atoms with Gasteiger partial charge in [0.2, 0.25) is 0 Å². The largest absolute Gasteiger partial charge is 0.376 e. The van der Waals surface area contributed by atoms with Crippen LogP contribution in [0, 0.1) is 0 Å². The zero-order valence-electron chi connectivity index (χ0n) is 20.4. The Labute approximate surface area is 213 Å². The summed E-state index contributed by atoms with van der Waals surface area (Å²) in [5.41, 5.74) is 0.343. The van der Waals surface area contributed by atoms with E-state index >= 15 is 0 Å². The zero-order chi connectivity index (χ0) is 21.4. The van der Waals surface area contributed by atoms with Gasteiger partial charge >= 0.3 is 0 Å². The lowest BCUT2D eigenvalue weighted by Crippen LogP contribution is -2.59. The van der Waals surface area contributed by atoms with Crippen molar-refractivity contribution in [2.75, 3.05) is 53.0 Å². The number of hydrogen-bond acceptors (Lipinski definition) is 4. The first-order valence-corrected chi connectivity index (χ1v) is 13.2. The van der Waals surface area contributed by atoms with Crippen LogP contribution in [-0.4, -0.2) is 86.5 Å². The average Bonchev–Trinajstić information content (AvgIpc) is 2.85. The minimum atomic E-state index is 0. The fourth-order valence-corrected chi connectivity index (χ4v) is 6.18. The van der Waals surface area contributed by atoms with Gasteiger partial charge in [0.15, 0.2) is 5.96 Å². The first-order chi connectivity index (χ1) is 15.3. The number of nitrogens with one attached hydrogen (secondary N) is 1. The zero-order valence-corrected chi connectivity index (χ0v) is 22.7. The molecular formula is C25H47IN4O2. The number of likely N-dealkylation sites (tertiary alicyclic amines) is 2. The van der Waals surface area contributed by atoms with Gasteiger partial charge in [0.25, 0.3) is 0 Å². The van der Waals surface area contributed by atoms with E-state index in [0.29, 0.717) is 17.7 Å². The Hall–Kier alpha value is -0.120. The third-order valence-electron chi connectivity index (χ3n) is 8.13. The van der Waals surface area contributed by atoms with Gasteiger partial charge in [-0.2, -0.15) is 0 Å². The summed E-state index contributed by atoms with van der Waals surface area (Å²) in [6.45, 7) is 7.37. The predicted molar refractivity (Wildman–Crippen MR) is 142 cm³/mol. The Bertz CT molecular complexity index is 550. The molecule has 1 unspecified atom stereocenters. The fourth-order valence-electron chi connectivity index (χ4n) is 6.18. The molecule has 1 N–H and O–H groups in total. The van der Waals surface area contributed by atoms with Crippen molar-refractivity contribution in [1.82, 2.24) is 15.1 Å². The van der Waals surface area contributed by atoms with Crippen LogP contribution < -0.4 is 5.32 Å². The number of hydrogen-bond donors (Lipinski definition) is 1. The van der Waals surface area contributed by atoms with Crippen molar-refractivity contribution < 1.29 is 9.47 Å². The number of guanidine groups is 1. The Balaban J connectivity index is 0.00000289. The first kappa shape index (κ1) is 26.5. The van der Waals surface area contributed by atoms with E-state index < -0.39 is 0 Å². The molecule has 0 aromatic carbocycles. The van der Waals surface area contributed by atoms with Crippen LogP contribution in [0.15, 0.2) is 4.99 Å². The van der Waals surface area contributed by atoms with Crippen LogP contribution in [0.25, 0.3) is 0 Å². The van der Waals surface area contributed by atoms with E-state index in [-0.39, 0.29) is 24.0 Å². The summed E-state index contributed by atoms with van der Waals surface area (Å²) in [5, 5.41) is 3.82. The third kappa shape index (κ3) is 7.19. The van der Waals surface area contributed by atoms with E-state index in [4.69, 9.17) is 9.47 Å². The smallest absolute Gasteiger partial charge is 0.193 e. The Kier molecular flexibility index (Phi) is 11.3. The number of aliphatic imine (C=N–C) groups is 1. The van der Waals surface area contributed by atoms with Gasteiger partial charge in [-0.15, -0.1) is 24.0 Å². The molecule has 0 aromatic heterocycles. The number of ether oxygens (including phenoxy) is 2. The van der Waals surface area contributed by atoms with E-state index in [2.05, 4.69) is 20.1 Å². The standard InChI is InChI=1S/C25H46N4O2.HI/c1-26-24(27-21-25(13-5-2-6-14-25)29-15-7-3-8-16-29)28-17-11-22(12-18-28)31-20-23-10-4-9-19-30-23;/h22-23H,2-21H2,1H3,(H,26,27);1H. The van der Waals surface area contributed by atoms with Crippen molar-refractivity contribution in [3.63, 3.8) is 0 Å². The summed E-state index contributed by atoms with van der Waals surface area (Å²) in [6.07, 6.45) is 17.5. The summed E-state index contributed by atoms with van der Waals surface area (Å²) >= 11 is 0. The molecule has 3 heterocycles. The minimum Gasteiger partial charge on any atom is -0.376 e. The second-order valence-corrected chi connectivity index (χ2v) is 10.2. The summed E-state index contributed by atoms with van der Waals surface area (Å²) in [7, 11) is 1.94. The van der Waals surface area contributed by atoms with Crippen molar-refractivity contribution in [2.45, 2.75) is 101 Å². The van der Waals surface area contributed by atoms with Crippen molar-refractivity contribution in [3.05, 3.63) is 0 Å². The summed E-state index contributed by atoms with van der Waals surface area (Å²) in [5.74, 6) is 1.09. The van der Waals surface area contributed by atoms with E-state index in [1.807, 2.05) is 7.05 Å². The molecule has 1 atom stereocenters. The normalized spacial score (nSPS) is 28.2. The van der Waals surface area contributed by atoms with Crippen LogP contribution in [0.4, 0.5) is 0 Å². The summed E-state index contributed by atoms with van der Waals surface area (Å²) < 4.78 is 12.0. The fraction of sp³-hybridized carbons (Fsp3) is 0.960. The number of rotatable bonds is 6. The maximum Gasteiger partial charge on any atom is 0.193 e. The van der Waals surface area contributed by atoms with Gasteiger partial charge in [0.1, 0.15) is 0 Å². The highest BCUT2D eigenvalue weighted by atomic mass is 127. The second kappa shape index (κ2) is 13.7. The van der Waals surface area contributed by atoms with Gasteiger partial charge in [-0.1, -0.05) is 25.7 Å². The monoisotopic (exact) mass is 562 g/mol. The molecule has 6 nitrogen and oxygen atoms in total. The van der Waals surface area contributed by atoms with Gasteiger partial charge in [-0.05, 0) is 70.9 Å². The molecule has 4 rings (SSSR count). The van der Waals surface area contributed by atoms with Gasteiger partial charge in [-0.25, -0.2) is 0 Å². The highest BCUT2D eigenvalue weighted by Crippen LogP contribution is 2.35. The molecule has 7 heteroatoms. The van der Waals surface area contributed by atoms with Gasteiger partial charge < -0.3 is 19.7 Å². The first-order valence-electron chi connectivity index (χ1n) is 13.2. The highest BCUT2D eigenvalue weighted by molar-refractivity contribution is 14.0.